The Labute approximate surface area is 111 Å². The summed E-state index contributed by atoms with van der Waals surface area (Å²) in [5, 5.41) is 1.04. The molecule has 0 saturated carbocycles. The van der Waals surface area contributed by atoms with E-state index in [1.54, 1.807) is 6.26 Å². The molecule has 2 N–H and O–H groups in total. The lowest BCUT2D eigenvalue weighted by atomic mass is 10.1. The van der Waals surface area contributed by atoms with Crippen LogP contribution in [0.1, 0.15) is 11.1 Å². The maximum atomic E-state index is 5.83. The van der Waals surface area contributed by atoms with Gasteiger partial charge in [-0.25, -0.2) is 0 Å². The second kappa shape index (κ2) is 4.69. The first-order valence-corrected chi connectivity index (χ1v) is 6.18. The third-order valence-electron chi connectivity index (χ3n) is 3.16. The minimum absolute atomic E-state index is 0.488. The van der Waals surface area contributed by atoms with Crippen molar-refractivity contribution in [1.82, 2.24) is 0 Å². The SMILES string of the molecule is Cc1ccccc1OCc1coc2cc(N)ccc12. The van der Waals surface area contributed by atoms with Crippen LogP contribution in [0.15, 0.2) is 53.1 Å². The lowest BCUT2D eigenvalue weighted by Crippen LogP contribution is -1.96. The molecule has 0 amide bonds. The van der Waals surface area contributed by atoms with Crippen molar-refractivity contribution in [1.29, 1.82) is 0 Å². The molecule has 3 rings (SSSR count). The zero-order chi connectivity index (χ0) is 13.2. The Morgan fingerprint density at radius 2 is 2.00 bits per heavy atom. The molecule has 3 aromatic rings. The summed E-state index contributed by atoms with van der Waals surface area (Å²) in [6, 6.07) is 13.6. The van der Waals surface area contributed by atoms with Gasteiger partial charge in [-0.1, -0.05) is 18.2 Å². The quantitative estimate of drug-likeness (QED) is 0.720. The maximum Gasteiger partial charge on any atom is 0.136 e. The number of ether oxygens (including phenoxy) is 1. The van der Waals surface area contributed by atoms with E-state index < -0.39 is 0 Å². The number of hydrogen-bond donors (Lipinski definition) is 1. The number of aryl methyl sites for hydroxylation is 1. The van der Waals surface area contributed by atoms with Gasteiger partial charge < -0.3 is 14.9 Å². The average molecular weight is 253 g/mol. The van der Waals surface area contributed by atoms with Crippen molar-refractivity contribution in [2.45, 2.75) is 13.5 Å². The van der Waals surface area contributed by atoms with Crippen LogP contribution in [-0.2, 0) is 6.61 Å². The van der Waals surface area contributed by atoms with Crippen LogP contribution >= 0.6 is 0 Å². The van der Waals surface area contributed by atoms with Gasteiger partial charge in [0, 0.05) is 22.7 Å². The van der Waals surface area contributed by atoms with Crippen LogP contribution in [0.4, 0.5) is 5.69 Å². The molecule has 0 atom stereocenters. The van der Waals surface area contributed by atoms with Crippen LogP contribution in [-0.4, -0.2) is 0 Å². The third-order valence-corrected chi connectivity index (χ3v) is 3.16. The minimum atomic E-state index is 0.488. The average Bonchev–Trinajstić information content (AvgIpc) is 2.80. The number of hydrogen-bond acceptors (Lipinski definition) is 3. The van der Waals surface area contributed by atoms with Crippen molar-refractivity contribution in [2.24, 2.45) is 0 Å². The van der Waals surface area contributed by atoms with Crippen LogP contribution in [0.3, 0.4) is 0 Å². The van der Waals surface area contributed by atoms with Crippen LogP contribution in [0.25, 0.3) is 11.0 Å². The molecule has 96 valence electrons. The molecular formula is C16H15NO2. The minimum Gasteiger partial charge on any atom is -0.488 e. The molecule has 3 nitrogen and oxygen atoms in total. The zero-order valence-corrected chi connectivity index (χ0v) is 10.7. The number of nitrogen functional groups attached to an aromatic ring is 1. The first-order chi connectivity index (χ1) is 9.24. The fourth-order valence-electron chi connectivity index (χ4n) is 2.09. The van der Waals surface area contributed by atoms with Crippen molar-refractivity contribution in [3.8, 4) is 5.75 Å². The summed E-state index contributed by atoms with van der Waals surface area (Å²) in [7, 11) is 0. The van der Waals surface area contributed by atoms with E-state index in [1.165, 1.54) is 0 Å². The van der Waals surface area contributed by atoms with Crippen LogP contribution < -0.4 is 10.5 Å². The topological polar surface area (TPSA) is 48.4 Å². The number of para-hydroxylation sites is 1. The van der Waals surface area contributed by atoms with Gasteiger partial charge in [0.15, 0.2) is 0 Å². The summed E-state index contributed by atoms with van der Waals surface area (Å²) in [5.74, 6) is 0.896. The normalized spacial score (nSPS) is 10.8. The predicted molar refractivity (Wildman–Crippen MR) is 76.1 cm³/mol. The van der Waals surface area contributed by atoms with Gasteiger partial charge in [-0.05, 0) is 30.7 Å². The molecule has 0 saturated heterocycles. The summed E-state index contributed by atoms with van der Waals surface area (Å²) < 4.78 is 11.3. The summed E-state index contributed by atoms with van der Waals surface area (Å²) in [6.07, 6.45) is 1.72. The highest BCUT2D eigenvalue weighted by molar-refractivity contribution is 5.83. The van der Waals surface area contributed by atoms with Gasteiger partial charge in [-0.3, -0.25) is 0 Å². The third kappa shape index (κ3) is 2.27. The van der Waals surface area contributed by atoms with E-state index in [0.717, 1.165) is 27.8 Å². The van der Waals surface area contributed by atoms with E-state index in [9.17, 15) is 0 Å². The highest BCUT2D eigenvalue weighted by Crippen LogP contribution is 2.25. The molecule has 19 heavy (non-hydrogen) atoms. The summed E-state index contributed by atoms with van der Waals surface area (Å²) in [5.41, 5.74) is 9.37. The molecule has 0 bridgehead atoms. The monoisotopic (exact) mass is 253 g/mol. The van der Waals surface area contributed by atoms with Crippen molar-refractivity contribution < 1.29 is 9.15 Å². The van der Waals surface area contributed by atoms with Crippen LogP contribution in [0.5, 0.6) is 5.75 Å². The Bertz CT molecular complexity index is 716. The number of fused-ring (bicyclic) bond motifs is 1. The molecular weight excluding hydrogens is 238 g/mol. The van der Waals surface area contributed by atoms with Gasteiger partial charge in [0.1, 0.15) is 17.9 Å². The molecule has 0 aliphatic rings. The largest absolute Gasteiger partial charge is 0.488 e. The van der Waals surface area contributed by atoms with Crippen molar-refractivity contribution in [3.05, 3.63) is 59.9 Å². The zero-order valence-electron chi connectivity index (χ0n) is 10.7. The first-order valence-electron chi connectivity index (χ1n) is 6.18. The number of anilines is 1. The Kier molecular flexibility index (Phi) is 2.88. The fraction of sp³-hybridized carbons (Fsp3) is 0.125. The number of rotatable bonds is 3. The molecule has 2 aromatic carbocycles. The smallest absolute Gasteiger partial charge is 0.136 e. The predicted octanol–water partition coefficient (Wildman–Crippen LogP) is 3.90. The standard InChI is InChI=1S/C16H15NO2/c1-11-4-2-3-5-15(11)18-9-12-10-19-16-8-13(17)6-7-14(12)16/h2-8,10H,9,17H2,1H3. The van der Waals surface area contributed by atoms with E-state index >= 15 is 0 Å². The van der Waals surface area contributed by atoms with E-state index in [4.69, 9.17) is 14.9 Å². The highest BCUT2D eigenvalue weighted by Gasteiger charge is 2.07. The molecule has 0 spiro atoms. The second-order valence-electron chi connectivity index (χ2n) is 4.57. The number of furan rings is 1. The van der Waals surface area contributed by atoms with Gasteiger partial charge in [0.25, 0.3) is 0 Å². The molecule has 0 unspecified atom stereocenters. The van der Waals surface area contributed by atoms with Crippen molar-refractivity contribution in [3.63, 3.8) is 0 Å². The van der Waals surface area contributed by atoms with Gasteiger partial charge in [0.2, 0.25) is 0 Å². The van der Waals surface area contributed by atoms with Gasteiger partial charge in [-0.15, -0.1) is 0 Å². The van der Waals surface area contributed by atoms with E-state index in [2.05, 4.69) is 0 Å². The highest BCUT2D eigenvalue weighted by atomic mass is 16.5. The molecule has 0 aliphatic heterocycles. The molecule has 0 radical (unpaired) electrons. The summed E-state index contributed by atoms with van der Waals surface area (Å²) in [4.78, 5) is 0. The van der Waals surface area contributed by atoms with Crippen LogP contribution in [0.2, 0.25) is 0 Å². The lowest BCUT2D eigenvalue weighted by molar-refractivity contribution is 0.304. The summed E-state index contributed by atoms with van der Waals surface area (Å²) in [6.45, 7) is 2.52. The van der Waals surface area contributed by atoms with E-state index in [-0.39, 0.29) is 0 Å². The molecule has 1 heterocycles. The first kappa shape index (κ1) is 11.7. The van der Waals surface area contributed by atoms with Gasteiger partial charge in [-0.2, -0.15) is 0 Å². The molecule has 1 aromatic heterocycles. The molecule has 3 heteroatoms. The number of benzene rings is 2. The molecule has 0 aliphatic carbocycles. The Balaban J connectivity index is 1.84. The van der Waals surface area contributed by atoms with E-state index in [1.807, 2.05) is 49.4 Å². The summed E-state index contributed by atoms with van der Waals surface area (Å²) >= 11 is 0. The molecule has 0 fully saturated rings. The Morgan fingerprint density at radius 3 is 2.84 bits per heavy atom. The van der Waals surface area contributed by atoms with Gasteiger partial charge in [0.05, 0.1) is 6.26 Å². The fourth-order valence-corrected chi connectivity index (χ4v) is 2.09. The second-order valence-corrected chi connectivity index (χ2v) is 4.57. The van der Waals surface area contributed by atoms with Gasteiger partial charge >= 0.3 is 0 Å². The lowest BCUT2D eigenvalue weighted by Gasteiger charge is -2.07. The Hall–Kier alpha value is -2.42. The van der Waals surface area contributed by atoms with E-state index in [0.29, 0.717) is 12.3 Å². The van der Waals surface area contributed by atoms with Crippen molar-refractivity contribution >= 4 is 16.7 Å². The van der Waals surface area contributed by atoms with Crippen LogP contribution in [0, 0.1) is 6.92 Å². The maximum absolute atomic E-state index is 5.83. The number of nitrogens with two attached hydrogens (primary N) is 1. The van der Waals surface area contributed by atoms with Crippen molar-refractivity contribution in [2.75, 3.05) is 5.73 Å². The Morgan fingerprint density at radius 1 is 1.16 bits per heavy atom.